The largest absolute Gasteiger partial charge is 0.274 e. The van der Waals surface area contributed by atoms with Crippen LogP contribution in [0.15, 0.2) is 41.3 Å². The highest BCUT2D eigenvalue weighted by Gasteiger charge is 2.39. The number of halogens is 4. The van der Waals surface area contributed by atoms with Crippen molar-refractivity contribution in [1.29, 1.82) is 0 Å². The zero-order chi connectivity index (χ0) is 18.1. The Morgan fingerprint density at radius 1 is 0.960 bits per heavy atom. The Bertz CT molecular complexity index is 838. The van der Waals surface area contributed by atoms with E-state index in [1.807, 2.05) is 0 Å². The van der Waals surface area contributed by atoms with Crippen LogP contribution in [0, 0.1) is 5.92 Å². The normalized spacial score (nSPS) is 17.4. The molecule has 3 nitrogen and oxygen atoms in total. The first-order valence-corrected chi connectivity index (χ1v) is 9.75. The number of hydrogen-bond donors (Lipinski definition) is 0. The molecule has 0 radical (unpaired) electrons. The fraction of sp³-hybridized carbons (Fsp3) is 0.176. The van der Waals surface area contributed by atoms with E-state index >= 15 is 0 Å². The van der Waals surface area contributed by atoms with E-state index in [1.165, 1.54) is 11.8 Å². The molecule has 1 atom stereocenters. The molecule has 0 aromatic heterocycles. The highest BCUT2D eigenvalue weighted by Crippen LogP contribution is 2.35. The van der Waals surface area contributed by atoms with Gasteiger partial charge in [-0.2, -0.15) is 0 Å². The molecule has 0 saturated carbocycles. The minimum Gasteiger partial charge on any atom is -0.274 e. The molecule has 1 aliphatic rings. The van der Waals surface area contributed by atoms with Crippen LogP contribution >= 0.6 is 58.2 Å². The highest BCUT2D eigenvalue weighted by molar-refractivity contribution is 7.99. The van der Waals surface area contributed by atoms with Gasteiger partial charge < -0.3 is 0 Å². The van der Waals surface area contributed by atoms with Crippen LogP contribution in [-0.4, -0.2) is 17.6 Å². The zero-order valence-electron chi connectivity index (χ0n) is 12.6. The number of imide groups is 1. The van der Waals surface area contributed by atoms with Crippen LogP contribution in [0.5, 0.6) is 0 Å². The molecule has 1 aliphatic heterocycles. The lowest BCUT2D eigenvalue weighted by Gasteiger charge is -2.16. The van der Waals surface area contributed by atoms with E-state index in [9.17, 15) is 9.59 Å². The van der Waals surface area contributed by atoms with Gasteiger partial charge in [0.2, 0.25) is 11.8 Å². The van der Waals surface area contributed by atoms with Gasteiger partial charge in [-0.15, -0.1) is 11.8 Å². The third-order valence-corrected chi connectivity index (χ3v) is 6.01. The predicted molar refractivity (Wildman–Crippen MR) is 104 cm³/mol. The number of amides is 2. The number of carbonyl (C=O) groups excluding carboxylic acids is 2. The summed E-state index contributed by atoms with van der Waals surface area (Å²) in [6.07, 6.45) is 0.140. The second-order valence-corrected chi connectivity index (χ2v) is 8.26. The summed E-state index contributed by atoms with van der Waals surface area (Å²) >= 11 is 25.4. The van der Waals surface area contributed by atoms with Gasteiger partial charge >= 0.3 is 0 Å². The van der Waals surface area contributed by atoms with Gasteiger partial charge in [-0.05, 0) is 36.4 Å². The van der Waals surface area contributed by atoms with Gasteiger partial charge in [0.05, 0.1) is 16.6 Å². The second-order valence-electron chi connectivity index (χ2n) is 5.48. The maximum Gasteiger partial charge on any atom is 0.238 e. The molecule has 1 heterocycles. The van der Waals surface area contributed by atoms with Crippen molar-refractivity contribution in [3.63, 3.8) is 0 Å². The minimum absolute atomic E-state index is 0.140. The molecule has 25 heavy (non-hydrogen) atoms. The number of rotatable bonds is 4. The van der Waals surface area contributed by atoms with Gasteiger partial charge in [-0.1, -0.05) is 46.4 Å². The van der Waals surface area contributed by atoms with Crippen molar-refractivity contribution in [2.75, 3.05) is 10.7 Å². The summed E-state index contributed by atoms with van der Waals surface area (Å²) in [5, 5.41) is 1.81. The number of hydrogen-bond acceptors (Lipinski definition) is 3. The molecule has 1 fully saturated rings. The summed E-state index contributed by atoms with van der Waals surface area (Å²) in [6.45, 7) is 0. The molecule has 0 bridgehead atoms. The highest BCUT2D eigenvalue weighted by atomic mass is 35.5. The molecule has 3 rings (SSSR count). The van der Waals surface area contributed by atoms with E-state index in [2.05, 4.69) is 0 Å². The van der Waals surface area contributed by atoms with E-state index in [1.54, 1.807) is 36.4 Å². The Balaban J connectivity index is 1.75. The average Bonchev–Trinajstić information content (AvgIpc) is 2.79. The fourth-order valence-corrected chi connectivity index (χ4v) is 4.64. The number of anilines is 1. The third kappa shape index (κ3) is 4.26. The first-order chi connectivity index (χ1) is 11.8. The fourth-order valence-electron chi connectivity index (χ4n) is 2.55. The molecule has 0 aliphatic carbocycles. The van der Waals surface area contributed by atoms with Gasteiger partial charge in [0.15, 0.2) is 0 Å². The molecular formula is C17H11Cl4NO2S. The lowest BCUT2D eigenvalue weighted by atomic mass is 10.1. The SMILES string of the molecule is O=C1CC(CSc2ccc(Cl)cc2Cl)C(=O)N1c1cc(Cl)cc(Cl)c1. The molecule has 130 valence electrons. The van der Waals surface area contributed by atoms with Gasteiger partial charge in [-0.3, -0.25) is 14.5 Å². The molecule has 8 heteroatoms. The second kappa shape index (κ2) is 7.77. The Morgan fingerprint density at radius 2 is 1.64 bits per heavy atom. The van der Waals surface area contributed by atoms with E-state index in [0.717, 1.165) is 9.80 Å². The standard InChI is InChI=1S/C17H11Cl4NO2S/c18-10-1-2-15(14(21)7-10)25-8-9-3-16(23)22(17(9)24)13-5-11(19)4-12(20)6-13/h1-2,4-7,9H,3,8H2. The molecule has 0 spiro atoms. The molecule has 2 aromatic rings. The monoisotopic (exact) mass is 433 g/mol. The number of thioether (sulfide) groups is 1. The number of benzene rings is 2. The molecule has 0 N–H and O–H groups in total. The lowest BCUT2D eigenvalue weighted by Crippen LogP contribution is -2.30. The average molecular weight is 435 g/mol. The van der Waals surface area contributed by atoms with Crippen molar-refractivity contribution >= 4 is 75.7 Å². The summed E-state index contributed by atoms with van der Waals surface area (Å²) in [5.41, 5.74) is 0.393. The van der Waals surface area contributed by atoms with Crippen LogP contribution in [-0.2, 0) is 9.59 Å². The summed E-state index contributed by atoms with van der Waals surface area (Å²) in [5.74, 6) is -0.518. The van der Waals surface area contributed by atoms with Crippen molar-refractivity contribution in [2.45, 2.75) is 11.3 Å². The van der Waals surface area contributed by atoms with Gasteiger partial charge in [0.1, 0.15) is 0 Å². The van der Waals surface area contributed by atoms with E-state index in [0.29, 0.717) is 31.5 Å². The molecule has 1 saturated heterocycles. The Labute approximate surface area is 169 Å². The van der Waals surface area contributed by atoms with Gasteiger partial charge in [0, 0.05) is 32.1 Å². The lowest BCUT2D eigenvalue weighted by molar-refractivity contribution is -0.122. The van der Waals surface area contributed by atoms with Crippen LogP contribution in [0.2, 0.25) is 20.1 Å². The topological polar surface area (TPSA) is 37.4 Å². The third-order valence-electron chi connectivity index (χ3n) is 3.68. The van der Waals surface area contributed by atoms with Crippen molar-refractivity contribution < 1.29 is 9.59 Å². The Morgan fingerprint density at radius 3 is 2.28 bits per heavy atom. The number of carbonyl (C=O) groups is 2. The summed E-state index contributed by atoms with van der Waals surface area (Å²) in [4.78, 5) is 26.9. The summed E-state index contributed by atoms with van der Waals surface area (Å²) in [6, 6.07) is 9.83. The quantitative estimate of drug-likeness (QED) is 0.439. The predicted octanol–water partition coefficient (Wildman–Crippen LogP) is 5.97. The Hall–Kier alpha value is -0.910. The van der Waals surface area contributed by atoms with E-state index < -0.39 is 5.92 Å². The maximum atomic E-state index is 12.7. The minimum atomic E-state index is -0.429. The first-order valence-electron chi connectivity index (χ1n) is 7.26. The Kier molecular flexibility index (Phi) is 5.86. The van der Waals surface area contributed by atoms with E-state index in [-0.39, 0.29) is 18.2 Å². The molecule has 2 aromatic carbocycles. The van der Waals surface area contributed by atoms with Gasteiger partial charge in [-0.25, -0.2) is 0 Å². The van der Waals surface area contributed by atoms with Gasteiger partial charge in [0.25, 0.3) is 0 Å². The molecule has 1 unspecified atom stereocenters. The first kappa shape index (κ1) is 18.9. The summed E-state index contributed by atoms with van der Waals surface area (Å²) < 4.78 is 0. The van der Waals surface area contributed by atoms with Crippen molar-refractivity contribution in [1.82, 2.24) is 0 Å². The smallest absolute Gasteiger partial charge is 0.238 e. The van der Waals surface area contributed by atoms with Crippen LogP contribution < -0.4 is 4.90 Å². The number of nitrogens with zero attached hydrogens (tertiary/aromatic N) is 1. The van der Waals surface area contributed by atoms with Crippen molar-refractivity contribution in [3.8, 4) is 0 Å². The summed E-state index contributed by atoms with van der Waals surface area (Å²) in [7, 11) is 0. The van der Waals surface area contributed by atoms with E-state index in [4.69, 9.17) is 46.4 Å². The zero-order valence-corrected chi connectivity index (χ0v) is 16.5. The molecular weight excluding hydrogens is 424 g/mol. The molecule has 2 amide bonds. The van der Waals surface area contributed by atoms with Crippen LogP contribution in [0.1, 0.15) is 6.42 Å². The van der Waals surface area contributed by atoms with Crippen molar-refractivity contribution in [3.05, 3.63) is 56.5 Å². The van der Waals surface area contributed by atoms with Crippen LogP contribution in [0.3, 0.4) is 0 Å². The van der Waals surface area contributed by atoms with Crippen molar-refractivity contribution in [2.24, 2.45) is 5.92 Å². The maximum absolute atomic E-state index is 12.7. The van der Waals surface area contributed by atoms with Crippen LogP contribution in [0.4, 0.5) is 5.69 Å². The van der Waals surface area contributed by atoms with Crippen LogP contribution in [0.25, 0.3) is 0 Å².